The van der Waals surface area contributed by atoms with Crippen molar-refractivity contribution in [3.63, 3.8) is 0 Å². The molecule has 3 rings (SSSR count). The van der Waals surface area contributed by atoms with Crippen LogP contribution in [0.3, 0.4) is 0 Å². The molecule has 0 aromatic heterocycles. The number of unbranched alkanes of at least 4 members (excludes halogenated alkanes) is 1. The number of hydrogen-bond donors (Lipinski definition) is 3. The van der Waals surface area contributed by atoms with Crippen LogP contribution in [0.5, 0.6) is 17.2 Å². The summed E-state index contributed by atoms with van der Waals surface area (Å²) in [4.78, 5) is 17.4. The van der Waals surface area contributed by atoms with Crippen molar-refractivity contribution >= 4 is 15.9 Å². The number of nitrogens with one attached hydrogen (secondary N) is 1. The van der Waals surface area contributed by atoms with Crippen LogP contribution in [0.4, 0.5) is 0 Å². The predicted octanol–water partition coefficient (Wildman–Crippen LogP) is 1.44. The SMILES string of the molecule is CCCCN(CCCN)C(=O)CN1C[C@H](c2cc(O)c3c(c2)OCO3)[C@@H](C)[C@@H]1CCNS(C)(=O)=O. The quantitative estimate of drug-likeness (QED) is 0.361. The fourth-order valence-electron chi connectivity index (χ4n) is 5.08. The molecule has 198 valence electrons. The van der Waals surface area contributed by atoms with Crippen molar-refractivity contribution in [2.75, 3.05) is 52.3 Å². The van der Waals surface area contributed by atoms with Crippen LogP contribution >= 0.6 is 0 Å². The number of sulfonamides is 1. The lowest BCUT2D eigenvalue weighted by Crippen LogP contribution is -2.44. The van der Waals surface area contributed by atoms with E-state index in [9.17, 15) is 18.3 Å². The number of nitrogens with zero attached hydrogens (tertiary/aromatic N) is 2. The van der Waals surface area contributed by atoms with Crippen molar-refractivity contribution in [1.29, 1.82) is 0 Å². The molecule has 0 radical (unpaired) electrons. The first-order valence-corrected chi connectivity index (χ1v) is 14.3. The number of nitrogens with two attached hydrogens (primary N) is 1. The van der Waals surface area contributed by atoms with Crippen LogP contribution in [0.15, 0.2) is 12.1 Å². The largest absolute Gasteiger partial charge is 0.504 e. The minimum absolute atomic E-state index is 0.00620. The highest BCUT2D eigenvalue weighted by Crippen LogP contribution is 2.46. The van der Waals surface area contributed by atoms with E-state index >= 15 is 0 Å². The van der Waals surface area contributed by atoms with E-state index in [1.807, 2.05) is 11.0 Å². The van der Waals surface area contributed by atoms with E-state index in [4.69, 9.17) is 15.2 Å². The fraction of sp³-hybridized carbons (Fsp3) is 0.708. The van der Waals surface area contributed by atoms with Crippen molar-refractivity contribution in [2.24, 2.45) is 11.7 Å². The van der Waals surface area contributed by atoms with Crippen LogP contribution in [0.2, 0.25) is 0 Å². The van der Waals surface area contributed by atoms with Crippen LogP contribution in [-0.2, 0) is 14.8 Å². The molecule has 0 unspecified atom stereocenters. The van der Waals surface area contributed by atoms with Gasteiger partial charge in [0.15, 0.2) is 11.5 Å². The third kappa shape index (κ3) is 7.22. The average molecular weight is 513 g/mol. The molecule has 2 aliphatic heterocycles. The van der Waals surface area contributed by atoms with Crippen LogP contribution < -0.4 is 19.9 Å². The molecule has 2 heterocycles. The van der Waals surface area contributed by atoms with Gasteiger partial charge < -0.3 is 25.2 Å². The van der Waals surface area contributed by atoms with Gasteiger partial charge in [-0.25, -0.2) is 13.1 Å². The first-order chi connectivity index (χ1) is 16.6. The molecule has 0 saturated carbocycles. The molecular formula is C24H40N4O6S. The number of aromatic hydroxyl groups is 1. The van der Waals surface area contributed by atoms with Gasteiger partial charge in [-0.2, -0.15) is 0 Å². The van der Waals surface area contributed by atoms with Gasteiger partial charge in [0.05, 0.1) is 12.8 Å². The Morgan fingerprint density at radius 2 is 2.03 bits per heavy atom. The van der Waals surface area contributed by atoms with E-state index in [0.717, 1.165) is 31.1 Å². The molecule has 11 heteroatoms. The highest BCUT2D eigenvalue weighted by Gasteiger charge is 2.41. The van der Waals surface area contributed by atoms with Gasteiger partial charge >= 0.3 is 0 Å². The number of phenolic OH excluding ortho intramolecular Hbond substituents is 1. The third-order valence-electron chi connectivity index (χ3n) is 6.95. The number of carbonyl (C=O) groups excluding carboxylic acids is 1. The molecule has 2 aliphatic rings. The molecule has 1 aromatic rings. The summed E-state index contributed by atoms with van der Waals surface area (Å²) in [6.07, 6.45) is 4.42. The van der Waals surface area contributed by atoms with E-state index in [-0.39, 0.29) is 42.9 Å². The Morgan fingerprint density at radius 3 is 2.71 bits per heavy atom. The van der Waals surface area contributed by atoms with Crippen LogP contribution in [0.25, 0.3) is 0 Å². The molecule has 1 aromatic carbocycles. The maximum Gasteiger partial charge on any atom is 0.236 e. The molecule has 0 spiro atoms. The highest BCUT2D eigenvalue weighted by molar-refractivity contribution is 7.88. The maximum absolute atomic E-state index is 13.3. The third-order valence-corrected chi connectivity index (χ3v) is 7.68. The minimum atomic E-state index is -3.30. The number of phenols is 1. The van der Waals surface area contributed by atoms with Crippen LogP contribution in [0.1, 0.15) is 51.0 Å². The monoisotopic (exact) mass is 512 g/mol. The number of likely N-dealkylation sites (tertiary alicyclic amines) is 1. The minimum Gasteiger partial charge on any atom is -0.504 e. The predicted molar refractivity (Wildman–Crippen MR) is 134 cm³/mol. The number of fused-ring (bicyclic) bond motifs is 1. The number of carbonyl (C=O) groups is 1. The van der Waals surface area contributed by atoms with Crippen LogP contribution in [0, 0.1) is 5.92 Å². The normalized spacial score (nSPS) is 22.0. The van der Waals surface area contributed by atoms with Gasteiger partial charge in [0, 0.05) is 38.1 Å². The Labute approximate surface area is 208 Å². The highest BCUT2D eigenvalue weighted by atomic mass is 32.2. The molecule has 10 nitrogen and oxygen atoms in total. The lowest BCUT2D eigenvalue weighted by molar-refractivity contribution is -0.132. The summed E-state index contributed by atoms with van der Waals surface area (Å²) < 4.78 is 36.7. The van der Waals surface area contributed by atoms with Gasteiger partial charge in [0.2, 0.25) is 28.5 Å². The lowest BCUT2D eigenvalue weighted by atomic mass is 9.85. The van der Waals surface area contributed by atoms with Crippen molar-refractivity contribution < 1.29 is 27.8 Å². The number of hydrogen-bond acceptors (Lipinski definition) is 8. The molecular weight excluding hydrogens is 472 g/mol. The number of rotatable bonds is 13. The van der Waals surface area contributed by atoms with Crippen molar-refractivity contribution in [1.82, 2.24) is 14.5 Å². The van der Waals surface area contributed by atoms with Gasteiger partial charge in [-0.15, -0.1) is 0 Å². The summed E-state index contributed by atoms with van der Waals surface area (Å²) in [6.45, 7) is 7.34. The smallest absolute Gasteiger partial charge is 0.236 e. The Hall–Kier alpha value is -2.08. The zero-order chi connectivity index (χ0) is 25.6. The number of ether oxygens (including phenoxy) is 2. The second-order valence-electron chi connectivity index (χ2n) is 9.57. The molecule has 0 aliphatic carbocycles. The van der Waals surface area contributed by atoms with E-state index in [0.29, 0.717) is 50.6 Å². The number of benzene rings is 1. The van der Waals surface area contributed by atoms with Crippen molar-refractivity contribution in [2.45, 2.75) is 51.5 Å². The Morgan fingerprint density at radius 1 is 1.29 bits per heavy atom. The first kappa shape index (κ1) is 27.5. The van der Waals surface area contributed by atoms with Gasteiger partial charge in [0.25, 0.3) is 0 Å². The zero-order valence-corrected chi connectivity index (χ0v) is 21.8. The molecule has 35 heavy (non-hydrogen) atoms. The Bertz CT molecular complexity index is 965. The van der Waals surface area contributed by atoms with Crippen molar-refractivity contribution in [3.05, 3.63) is 17.7 Å². The summed E-state index contributed by atoms with van der Waals surface area (Å²) >= 11 is 0. The average Bonchev–Trinajstić information content (AvgIpc) is 3.38. The van der Waals surface area contributed by atoms with E-state index in [1.54, 1.807) is 6.07 Å². The molecule has 4 N–H and O–H groups in total. The summed E-state index contributed by atoms with van der Waals surface area (Å²) in [5.41, 5.74) is 6.61. The lowest BCUT2D eigenvalue weighted by Gasteiger charge is -2.30. The standard InChI is InChI=1S/C24H40N4O6S/c1-4-5-10-27(11-6-8-25)23(30)15-28-14-19(17(2)20(28)7-9-26-35(3,31)32)18-12-21(29)24-22(13-18)33-16-34-24/h12-13,17,19-20,26,29H,4-11,14-16,25H2,1-3H3/t17-,19+,20+/m1/s1. The van der Waals surface area contributed by atoms with Gasteiger partial charge in [0.1, 0.15) is 0 Å². The van der Waals surface area contributed by atoms with Crippen LogP contribution in [-0.4, -0.2) is 87.6 Å². The molecule has 1 amide bonds. The fourth-order valence-corrected chi connectivity index (χ4v) is 5.56. The first-order valence-electron chi connectivity index (χ1n) is 12.4. The summed E-state index contributed by atoms with van der Waals surface area (Å²) in [6, 6.07) is 3.60. The van der Waals surface area contributed by atoms with Gasteiger partial charge in [-0.1, -0.05) is 20.3 Å². The topological polar surface area (TPSA) is 134 Å². The Balaban J connectivity index is 1.79. The second kappa shape index (κ2) is 12.2. The molecule has 1 fully saturated rings. The zero-order valence-electron chi connectivity index (χ0n) is 21.0. The summed E-state index contributed by atoms with van der Waals surface area (Å²) in [5.74, 6) is 1.14. The second-order valence-corrected chi connectivity index (χ2v) is 11.4. The van der Waals surface area contributed by atoms with E-state index in [1.165, 1.54) is 0 Å². The molecule has 1 saturated heterocycles. The summed E-state index contributed by atoms with van der Waals surface area (Å²) in [7, 11) is -3.30. The van der Waals surface area contributed by atoms with Gasteiger partial charge in [-0.3, -0.25) is 9.69 Å². The molecule has 3 atom stereocenters. The molecule has 0 bridgehead atoms. The van der Waals surface area contributed by atoms with E-state index in [2.05, 4.69) is 23.5 Å². The van der Waals surface area contributed by atoms with E-state index < -0.39 is 10.0 Å². The summed E-state index contributed by atoms with van der Waals surface area (Å²) in [5, 5.41) is 10.4. The van der Waals surface area contributed by atoms with Gasteiger partial charge in [-0.05, 0) is 49.4 Å². The Kier molecular flexibility index (Phi) is 9.62. The van der Waals surface area contributed by atoms with Crippen molar-refractivity contribution in [3.8, 4) is 17.2 Å². The number of amides is 1. The maximum atomic E-state index is 13.3.